The van der Waals surface area contributed by atoms with Gasteiger partial charge in [0.05, 0.1) is 19.2 Å². The number of amides is 1. The SMILES string of the molecule is CN(Cc1ccccc1)C1(C#N)CN(C(=O)O)C1. The first-order valence-corrected chi connectivity index (χ1v) is 5.72. The van der Waals surface area contributed by atoms with Gasteiger partial charge in [0.15, 0.2) is 0 Å². The molecular formula is C13H15N3O2. The van der Waals surface area contributed by atoms with Crippen molar-refractivity contribution in [3.05, 3.63) is 35.9 Å². The fourth-order valence-electron chi connectivity index (χ4n) is 2.13. The van der Waals surface area contributed by atoms with Crippen molar-refractivity contribution in [2.75, 3.05) is 20.1 Å². The van der Waals surface area contributed by atoms with Crippen molar-refractivity contribution in [3.8, 4) is 6.07 Å². The number of hydrogen-bond donors (Lipinski definition) is 1. The third kappa shape index (κ3) is 2.15. The molecule has 0 atom stereocenters. The van der Waals surface area contributed by atoms with Crippen LogP contribution in [0, 0.1) is 11.3 Å². The summed E-state index contributed by atoms with van der Waals surface area (Å²) < 4.78 is 0. The number of nitriles is 1. The molecule has 1 aliphatic heterocycles. The minimum atomic E-state index is -0.964. The fraction of sp³-hybridized carbons (Fsp3) is 0.385. The molecule has 1 amide bonds. The molecule has 0 saturated carbocycles. The van der Waals surface area contributed by atoms with E-state index in [9.17, 15) is 10.1 Å². The summed E-state index contributed by atoms with van der Waals surface area (Å²) in [5.74, 6) is 0. The number of carboxylic acid groups (broad SMARTS) is 1. The predicted molar refractivity (Wildman–Crippen MR) is 65.9 cm³/mol. The topological polar surface area (TPSA) is 67.6 Å². The van der Waals surface area contributed by atoms with Crippen molar-refractivity contribution in [2.45, 2.75) is 12.1 Å². The van der Waals surface area contributed by atoms with Crippen LogP contribution >= 0.6 is 0 Å². The van der Waals surface area contributed by atoms with Crippen LogP contribution in [0.3, 0.4) is 0 Å². The lowest BCUT2D eigenvalue weighted by Gasteiger charge is -2.48. The van der Waals surface area contributed by atoms with Crippen LogP contribution in [0.15, 0.2) is 30.3 Å². The van der Waals surface area contributed by atoms with Gasteiger partial charge in [-0.15, -0.1) is 0 Å². The maximum atomic E-state index is 10.8. The summed E-state index contributed by atoms with van der Waals surface area (Å²) in [5.41, 5.74) is 0.428. The van der Waals surface area contributed by atoms with Gasteiger partial charge in [0.25, 0.3) is 0 Å². The molecule has 1 N–H and O–H groups in total. The minimum absolute atomic E-state index is 0.252. The van der Waals surface area contributed by atoms with Gasteiger partial charge in [-0.1, -0.05) is 30.3 Å². The third-order valence-corrected chi connectivity index (χ3v) is 3.38. The zero-order valence-corrected chi connectivity index (χ0v) is 10.2. The Kier molecular flexibility index (Phi) is 3.21. The second-order valence-corrected chi connectivity index (χ2v) is 4.62. The first kappa shape index (κ1) is 12.4. The van der Waals surface area contributed by atoms with Crippen molar-refractivity contribution in [2.24, 2.45) is 0 Å². The second-order valence-electron chi connectivity index (χ2n) is 4.62. The molecule has 0 spiro atoms. The number of rotatable bonds is 3. The van der Waals surface area contributed by atoms with E-state index >= 15 is 0 Å². The predicted octanol–water partition coefficient (Wildman–Crippen LogP) is 1.37. The Bertz CT molecular complexity index is 475. The van der Waals surface area contributed by atoms with Crippen molar-refractivity contribution >= 4 is 6.09 Å². The molecule has 0 bridgehead atoms. The molecule has 0 radical (unpaired) electrons. The monoisotopic (exact) mass is 245 g/mol. The van der Waals surface area contributed by atoms with E-state index in [-0.39, 0.29) is 13.1 Å². The van der Waals surface area contributed by atoms with E-state index in [4.69, 9.17) is 5.11 Å². The quantitative estimate of drug-likeness (QED) is 0.873. The molecule has 5 heteroatoms. The van der Waals surface area contributed by atoms with Crippen LogP contribution in [0.4, 0.5) is 4.79 Å². The van der Waals surface area contributed by atoms with Gasteiger partial charge in [0, 0.05) is 6.54 Å². The van der Waals surface area contributed by atoms with Crippen molar-refractivity contribution in [1.82, 2.24) is 9.80 Å². The normalized spacial score (nSPS) is 17.1. The molecule has 18 heavy (non-hydrogen) atoms. The Morgan fingerprint density at radius 1 is 1.50 bits per heavy atom. The van der Waals surface area contributed by atoms with Crippen LogP contribution < -0.4 is 0 Å². The summed E-state index contributed by atoms with van der Waals surface area (Å²) in [6, 6.07) is 12.1. The molecule has 1 saturated heterocycles. The first-order valence-electron chi connectivity index (χ1n) is 5.72. The molecule has 0 aromatic heterocycles. The van der Waals surface area contributed by atoms with Crippen molar-refractivity contribution < 1.29 is 9.90 Å². The van der Waals surface area contributed by atoms with E-state index in [2.05, 4.69) is 6.07 Å². The molecule has 1 aromatic carbocycles. The summed E-state index contributed by atoms with van der Waals surface area (Å²) >= 11 is 0. The van der Waals surface area contributed by atoms with E-state index in [0.717, 1.165) is 5.56 Å². The van der Waals surface area contributed by atoms with E-state index in [0.29, 0.717) is 6.54 Å². The van der Waals surface area contributed by atoms with Gasteiger partial charge in [-0.2, -0.15) is 5.26 Å². The Hall–Kier alpha value is -2.06. The lowest BCUT2D eigenvalue weighted by molar-refractivity contribution is 0.00278. The van der Waals surface area contributed by atoms with Gasteiger partial charge >= 0.3 is 6.09 Å². The van der Waals surface area contributed by atoms with E-state index in [1.165, 1.54) is 4.90 Å². The van der Waals surface area contributed by atoms with E-state index in [1.54, 1.807) is 0 Å². The molecule has 0 aliphatic carbocycles. The highest BCUT2D eigenvalue weighted by atomic mass is 16.4. The van der Waals surface area contributed by atoms with Gasteiger partial charge in [-0.25, -0.2) is 4.79 Å². The number of carbonyl (C=O) groups is 1. The van der Waals surface area contributed by atoms with Crippen molar-refractivity contribution in [3.63, 3.8) is 0 Å². The van der Waals surface area contributed by atoms with Gasteiger partial charge in [0.2, 0.25) is 0 Å². The summed E-state index contributed by atoms with van der Waals surface area (Å²) in [6.45, 7) is 1.15. The average molecular weight is 245 g/mol. The standard InChI is InChI=1S/C13H15N3O2/c1-15(7-11-5-3-2-4-6-11)13(8-14)9-16(10-13)12(17)18/h2-6H,7,9-10H2,1H3,(H,17,18). The number of benzene rings is 1. The largest absolute Gasteiger partial charge is 0.465 e. The van der Waals surface area contributed by atoms with Crippen LogP contribution in [-0.2, 0) is 6.54 Å². The highest BCUT2D eigenvalue weighted by molar-refractivity contribution is 5.67. The van der Waals surface area contributed by atoms with Gasteiger partial charge in [0.1, 0.15) is 5.54 Å². The molecule has 1 aliphatic rings. The lowest BCUT2D eigenvalue weighted by Crippen LogP contribution is -2.69. The number of likely N-dealkylation sites (tertiary alicyclic amines) is 1. The van der Waals surface area contributed by atoms with Crippen LogP contribution in [-0.4, -0.2) is 46.7 Å². The Balaban J connectivity index is 2.03. The molecule has 0 unspecified atom stereocenters. The third-order valence-electron chi connectivity index (χ3n) is 3.38. The average Bonchev–Trinajstić information content (AvgIpc) is 2.29. The number of likely N-dealkylation sites (N-methyl/N-ethyl adjacent to an activating group) is 1. The summed E-state index contributed by atoms with van der Waals surface area (Å²) in [7, 11) is 1.86. The Labute approximate surface area is 106 Å². The second kappa shape index (κ2) is 4.67. The van der Waals surface area contributed by atoms with E-state index < -0.39 is 11.6 Å². The smallest absolute Gasteiger partial charge is 0.407 e. The number of hydrogen-bond acceptors (Lipinski definition) is 3. The molecule has 5 nitrogen and oxygen atoms in total. The van der Waals surface area contributed by atoms with E-state index in [1.807, 2.05) is 42.3 Å². The van der Waals surface area contributed by atoms with Crippen LogP contribution in [0.25, 0.3) is 0 Å². The Morgan fingerprint density at radius 2 is 2.11 bits per heavy atom. The van der Waals surface area contributed by atoms with Gasteiger partial charge in [-0.3, -0.25) is 4.90 Å². The first-order chi connectivity index (χ1) is 8.57. The zero-order valence-electron chi connectivity index (χ0n) is 10.2. The summed E-state index contributed by atoms with van der Waals surface area (Å²) in [4.78, 5) is 13.9. The maximum Gasteiger partial charge on any atom is 0.407 e. The molecule has 2 rings (SSSR count). The van der Waals surface area contributed by atoms with Gasteiger partial charge < -0.3 is 10.0 Å². The van der Waals surface area contributed by atoms with Crippen molar-refractivity contribution in [1.29, 1.82) is 5.26 Å². The Morgan fingerprint density at radius 3 is 2.61 bits per heavy atom. The highest BCUT2D eigenvalue weighted by Gasteiger charge is 2.48. The summed E-state index contributed by atoms with van der Waals surface area (Å²) in [5, 5.41) is 18.1. The van der Waals surface area contributed by atoms with Crippen LogP contribution in [0.1, 0.15) is 5.56 Å². The molecular weight excluding hydrogens is 230 g/mol. The molecule has 1 fully saturated rings. The highest BCUT2D eigenvalue weighted by Crippen LogP contribution is 2.27. The maximum absolute atomic E-state index is 10.8. The molecule has 1 heterocycles. The fourth-order valence-corrected chi connectivity index (χ4v) is 2.13. The summed E-state index contributed by atoms with van der Waals surface area (Å²) in [6.07, 6.45) is -0.964. The number of nitrogens with zero attached hydrogens (tertiary/aromatic N) is 3. The zero-order chi connectivity index (χ0) is 13.2. The molecule has 1 aromatic rings. The van der Waals surface area contributed by atoms with Crippen LogP contribution in [0.5, 0.6) is 0 Å². The van der Waals surface area contributed by atoms with Gasteiger partial charge in [-0.05, 0) is 12.6 Å². The molecule has 94 valence electrons. The minimum Gasteiger partial charge on any atom is -0.465 e. The lowest BCUT2D eigenvalue weighted by atomic mass is 9.89. The van der Waals surface area contributed by atoms with Crippen LogP contribution in [0.2, 0.25) is 0 Å².